The molecule has 0 heterocycles. The molecular weight excluding hydrogens is 190 g/mol. The largest absolute Gasteiger partial charge is 0.433 e. The highest BCUT2D eigenvalue weighted by atomic mass is 16.6. The van der Waals surface area contributed by atoms with E-state index in [-0.39, 0.29) is 24.3 Å². The molecule has 1 amide bonds. The first-order valence-electron chi connectivity index (χ1n) is 5.31. The van der Waals surface area contributed by atoms with E-state index < -0.39 is 0 Å². The van der Waals surface area contributed by atoms with Crippen molar-refractivity contribution < 1.29 is 9.53 Å². The molecule has 3 heteroatoms. The molecule has 0 rings (SSSR count). The van der Waals surface area contributed by atoms with Crippen LogP contribution in [0, 0.1) is 11.8 Å². The molecule has 0 aromatic rings. The van der Waals surface area contributed by atoms with Crippen LogP contribution in [0.1, 0.15) is 41.5 Å². The van der Waals surface area contributed by atoms with E-state index in [1.807, 2.05) is 27.7 Å². The second kappa shape index (κ2) is 6.34. The molecule has 15 heavy (non-hydrogen) atoms. The number of amides is 1. The number of ether oxygens (including phenoxy) is 1. The van der Waals surface area contributed by atoms with Crippen LogP contribution in [0.3, 0.4) is 0 Å². The fourth-order valence-electron chi connectivity index (χ4n) is 1.46. The molecule has 0 bridgehead atoms. The van der Waals surface area contributed by atoms with Crippen molar-refractivity contribution in [1.29, 1.82) is 0 Å². The fourth-order valence-corrected chi connectivity index (χ4v) is 1.46. The molecule has 0 saturated carbocycles. The normalized spacial score (nSPS) is 12.0. The predicted octanol–water partition coefficient (Wildman–Crippen LogP) is 2.65. The van der Waals surface area contributed by atoms with E-state index in [0.29, 0.717) is 0 Å². The molecule has 0 aliphatic heterocycles. The van der Waals surface area contributed by atoms with E-state index in [4.69, 9.17) is 4.74 Å². The van der Waals surface area contributed by atoms with Gasteiger partial charge in [-0.25, -0.2) is 4.79 Å². The monoisotopic (exact) mass is 211 g/mol. The highest BCUT2D eigenvalue weighted by Gasteiger charge is 2.22. The molecule has 0 aromatic carbocycles. The highest BCUT2D eigenvalue weighted by molar-refractivity contribution is 5.68. The molecule has 0 N–H and O–H groups in total. The number of hydrogen-bond donors (Lipinski definition) is 0. The lowest BCUT2D eigenvalue weighted by atomic mass is 10.2. The zero-order chi connectivity index (χ0) is 12.0. The van der Waals surface area contributed by atoms with Gasteiger partial charge >= 0.3 is 6.09 Å². The van der Waals surface area contributed by atoms with Gasteiger partial charge < -0.3 is 9.64 Å². The van der Waals surface area contributed by atoms with E-state index in [1.54, 1.807) is 18.7 Å². The summed E-state index contributed by atoms with van der Waals surface area (Å²) < 4.78 is 5.19. The van der Waals surface area contributed by atoms with Crippen LogP contribution in [0.5, 0.6) is 0 Å². The maximum atomic E-state index is 11.7. The Hall–Kier alpha value is -1.17. The number of rotatable bonds is 3. The summed E-state index contributed by atoms with van der Waals surface area (Å²) in [6.07, 6.45) is -0.641. The summed E-state index contributed by atoms with van der Waals surface area (Å²) in [5.74, 6) is 5.51. The van der Waals surface area contributed by atoms with Gasteiger partial charge in [0.2, 0.25) is 0 Å². The Balaban J connectivity index is 4.44. The van der Waals surface area contributed by atoms with Crippen molar-refractivity contribution in [2.24, 2.45) is 0 Å². The van der Waals surface area contributed by atoms with Gasteiger partial charge in [-0.05, 0) is 41.5 Å². The lowest BCUT2D eigenvalue weighted by molar-refractivity contribution is 0.0677. The van der Waals surface area contributed by atoms with Gasteiger partial charge in [0.25, 0.3) is 0 Å². The van der Waals surface area contributed by atoms with Crippen LogP contribution in [0.25, 0.3) is 0 Å². The van der Waals surface area contributed by atoms with Crippen molar-refractivity contribution in [3.05, 3.63) is 0 Å². The van der Waals surface area contributed by atoms with Crippen LogP contribution in [-0.4, -0.2) is 29.2 Å². The van der Waals surface area contributed by atoms with Crippen molar-refractivity contribution in [2.45, 2.75) is 59.7 Å². The molecular formula is C12H21NO2. The zero-order valence-electron chi connectivity index (χ0n) is 10.5. The van der Waals surface area contributed by atoms with E-state index in [0.717, 1.165) is 0 Å². The fraction of sp³-hybridized carbons (Fsp3) is 0.750. The lowest BCUT2D eigenvalue weighted by Gasteiger charge is -2.30. The minimum absolute atomic E-state index is 0.138. The van der Waals surface area contributed by atoms with Gasteiger partial charge in [0, 0.05) is 12.1 Å². The van der Waals surface area contributed by atoms with Gasteiger partial charge in [-0.2, -0.15) is 0 Å². The predicted molar refractivity (Wildman–Crippen MR) is 61.5 cm³/mol. The zero-order valence-corrected chi connectivity index (χ0v) is 10.5. The summed E-state index contributed by atoms with van der Waals surface area (Å²) in [4.78, 5) is 13.4. The summed E-state index contributed by atoms with van der Waals surface area (Å²) in [7, 11) is 0. The highest BCUT2D eigenvalue weighted by Crippen LogP contribution is 2.08. The third-order valence-corrected chi connectivity index (χ3v) is 1.95. The topological polar surface area (TPSA) is 29.5 Å². The van der Waals surface area contributed by atoms with Crippen molar-refractivity contribution in [3.8, 4) is 11.8 Å². The smallest absolute Gasteiger partial charge is 0.411 e. The molecule has 0 aliphatic carbocycles. The lowest BCUT2D eigenvalue weighted by Crippen LogP contribution is -2.43. The van der Waals surface area contributed by atoms with Crippen molar-refractivity contribution >= 4 is 6.09 Å². The van der Waals surface area contributed by atoms with Crippen LogP contribution in [0.2, 0.25) is 0 Å². The van der Waals surface area contributed by atoms with Crippen LogP contribution >= 0.6 is 0 Å². The summed E-state index contributed by atoms with van der Waals surface area (Å²) in [5.41, 5.74) is 0. The summed E-state index contributed by atoms with van der Waals surface area (Å²) in [6.45, 7) is 11.4. The summed E-state index contributed by atoms with van der Waals surface area (Å²) >= 11 is 0. The third-order valence-electron chi connectivity index (χ3n) is 1.95. The van der Waals surface area contributed by atoms with Gasteiger partial charge in [-0.15, -0.1) is 5.92 Å². The van der Waals surface area contributed by atoms with Crippen LogP contribution in [0.4, 0.5) is 4.79 Å². The Kier molecular flexibility index (Phi) is 5.84. The molecule has 0 fully saturated rings. The van der Waals surface area contributed by atoms with Gasteiger partial charge in [0.15, 0.2) is 6.10 Å². The number of carbonyl (C=O) groups excluding carboxylic acids is 1. The molecule has 0 saturated heterocycles. The van der Waals surface area contributed by atoms with E-state index in [2.05, 4.69) is 11.8 Å². The average Bonchev–Trinajstić information content (AvgIpc) is 2.01. The first-order chi connectivity index (χ1) is 6.90. The molecule has 3 nitrogen and oxygen atoms in total. The van der Waals surface area contributed by atoms with Crippen LogP contribution in [-0.2, 0) is 4.74 Å². The quantitative estimate of drug-likeness (QED) is 0.672. The first kappa shape index (κ1) is 13.8. The van der Waals surface area contributed by atoms with Gasteiger partial charge in [0.1, 0.15) is 0 Å². The summed E-state index contributed by atoms with van der Waals surface area (Å²) in [5, 5.41) is 0. The SMILES string of the molecule is CC#C[C@H](C)OC(=O)N(C(C)C)C(C)C. The molecule has 86 valence electrons. The van der Waals surface area contributed by atoms with E-state index in [9.17, 15) is 4.79 Å². The molecule has 0 radical (unpaired) electrons. The maximum absolute atomic E-state index is 11.7. The Morgan fingerprint density at radius 1 is 1.13 bits per heavy atom. The van der Waals surface area contributed by atoms with Crippen molar-refractivity contribution in [1.82, 2.24) is 4.90 Å². The van der Waals surface area contributed by atoms with E-state index >= 15 is 0 Å². The molecule has 1 atom stereocenters. The van der Waals surface area contributed by atoms with Crippen LogP contribution < -0.4 is 0 Å². The summed E-state index contributed by atoms with van der Waals surface area (Å²) in [6, 6.07) is 0.276. The Labute approximate surface area is 92.8 Å². The second-order valence-corrected chi connectivity index (χ2v) is 4.02. The standard InChI is InChI=1S/C12H21NO2/c1-7-8-11(6)15-12(14)13(9(2)3)10(4)5/h9-11H,1-6H3/t11-/m0/s1. The van der Waals surface area contributed by atoms with E-state index in [1.165, 1.54) is 0 Å². The Morgan fingerprint density at radius 3 is 1.93 bits per heavy atom. The average molecular weight is 211 g/mol. The van der Waals surface area contributed by atoms with Gasteiger partial charge in [0.05, 0.1) is 0 Å². The molecule has 0 aliphatic rings. The first-order valence-corrected chi connectivity index (χ1v) is 5.31. The van der Waals surface area contributed by atoms with Crippen molar-refractivity contribution in [3.63, 3.8) is 0 Å². The van der Waals surface area contributed by atoms with Gasteiger partial charge in [-0.3, -0.25) is 0 Å². The maximum Gasteiger partial charge on any atom is 0.411 e. The second-order valence-electron chi connectivity index (χ2n) is 4.02. The Bertz CT molecular complexity index is 253. The molecule has 0 aromatic heterocycles. The Morgan fingerprint density at radius 2 is 1.60 bits per heavy atom. The number of hydrogen-bond acceptors (Lipinski definition) is 2. The molecule has 0 spiro atoms. The number of nitrogens with zero attached hydrogens (tertiary/aromatic N) is 1. The minimum Gasteiger partial charge on any atom is -0.433 e. The minimum atomic E-state index is -0.345. The van der Waals surface area contributed by atoms with Crippen LogP contribution in [0.15, 0.2) is 0 Å². The third kappa shape index (κ3) is 4.73. The molecule has 0 unspecified atom stereocenters. The number of carbonyl (C=O) groups is 1. The van der Waals surface area contributed by atoms with Gasteiger partial charge in [-0.1, -0.05) is 5.92 Å². The van der Waals surface area contributed by atoms with Crippen molar-refractivity contribution in [2.75, 3.05) is 0 Å².